The van der Waals surface area contributed by atoms with Gasteiger partial charge in [-0.15, -0.1) is 11.3 Å². The van der Waals surface area contributed by atoms with Crippen molar-refractivity contribution >= 4 is 17.3 Å². The van der Waals surface area contributed by atoms with E-state index < -0.39 is 0 Å². The van der Waals surface area contributed by atoms with Gasteiger partial charge >= 0.3 is 0 Å². The molecule has 2 bridgehead atoms. The van der Waals surface area contributed by atoms with Crippen LogP contribution >= 0.6 is 11.3 Å². The molecule has 0 aliphatic carbocycles. The maximum absolute atomic E-state index is 5.46. The summed E-state index contributed by atoms with van der Waals surface area (Å²) in [4.78, 5) is 9.42. The standard InChI is InChI=1S/C14H18N4O2S/c1-19-12-9-21-8-11(12)13-15-14(16-20-13)18-7-6-17-4-2-10(18)3-5-17/h8-10H,2-7H2,1H3. The quantitative estimate of drug-likeness (QED) is 0.865. The van der Waals surface area contributed by atoms with Crippen molar-refractivity contribution < 1.29 is 9.26 Å². The van der Waals surface area contributed by atoms with Gasteiger partial charge in [0.05, 0.1) is 12.7 Å². The van der Waals surface area contributed by atoms with Crippen LogP contribution in [0, 0.1) is 0 Å². The molecule has 112 valence electrons. The Hall–Kier alpha value is -1.60. The molecule has 3 aliphatic heterocycles. The second-order valence-electron chi connectivity index (χ2n) is 5.52. The van der Waals surface area contributed by atoms with Gasteiger partial charge in [0.25, 0.3) is 11.8 Å². The van der Waals surface area contributed by atoms with Crippen molar-refractivity contribution in [3.63, 3.8) is 0 Å². The molecule has 0 amide bonds. The highest BCUT2D eigenvalue weighted by atomic mass is 32.1. The average molecular weight is 306 g/mol. The zero-order valence-electron chi connectivity index (χ0n) is 12.0. The van der Waals surface area contributed by atoms with Crippen molar-refractivity contribution in [1.29, 1.82) is 0 Å². The molecule has 6 nitrogen and oxygen atoms in total. The predicted octanol–water partition coefficient (Wildman–Crippen LogP) is 2.09. The molecule has 0 N–H and O–H groups in total. The molecule has 7 heteroatoms. The van der Waals surface area contributed by atoms with Gasteiger partial charge in [-0.3, -0.25) is 0 Å². The Labute approximate surface area is 127 Å². The Morgan fingerprint density at radius 3 is 2.90 bits per heavy atom. The number of ether oxygens (including phenoxy) is 1. The van der Waals surface area contributed by atoms with Gasteiger partial charge in [0.15, 0.2) is 0 Å². The summed E-state index contributed by atoms with van der Waals surface area (Å²) in [5.74, 6) is 2.05. The Kier molecular flexibility index (Phi) is 3.31. The van der Waals surface area contributed by atoms with Crippen LogP contribution in [-0.2, 0) is 0 Å². The van der Waals surface area contributed by atoms with Gasteiger partial charge in [-0.2, -0.15) is 4.98 Å². The fourth-order valence-corrected chi connectivity index (χ4v) is 3.96. The number of fused-ring (bicyclic) bond motifs is 4. The van der Waals surface area contributed by atoms with Crippen LogP contribution < -0.4 is 9.64 Å². The summed E-state index contributed by atoms with van der Waals surface area (Å²) in [6, 6.07) is 0.540. The Morgan fingerprint density at radius 2 is 2.10 bits per heavy atom. The molecular weight excluding hydrogens is 288 g/mol. The number of aromatic nitrogens is 2. The zero-order chi connectivity index (χ0) is 14.2. The van der Waals surface area contributed by atoms with Crippen LogP contribution in [-0.4, -0.2) is 54.4 Å². The van der Waals surface area contributed by atoms with Crippen LogP contribution in [0.1, 0.15) is 12.8 Å². The Bertz CT molecular complexity index is 618. The van der Waals surface area contributed by atoms with E-state index in [4.69, 9.17) is 9.26 Å². The van der Waals surface area contributed by atoms with Crippen LogP contribution in [0.3, 0.4) is 0 Å². The summed E-state index contributed by atoms with van der Waals surface area (Å²) in [6.07, 6.45) is 2.37. The lowest BCUT2D eigenvalue weighted by Crippen LogP contribution is -2.38. The molecule has 21 heavy (non-hydrogen) atoms. The summed E-state index contributed by atoms with van der Waals surface area (Å²) < 4.78 is 10.8. The Balaban J connectivity index is 1.62. The number of hydrogen-bond donors (Lipinski definition) is 0. The molecule has 0 spiro atoms. The lowest BCUT2D eigenvalue weighted by Gasteiger charge is -2.30. The molecule has 5 rings (SSSR count). The van der Waals surface area contributed by atoms with Crippen molar-refractivity contribution in [3.05, 3.63) is 10.8 Å². The molecule has 2 aromatic rings. The monoisotopic (exact) mass is 306 g/mol. The minimum absolute atomic E-state index is 0.540. The molecule has 0 unspecified atom stereocenters. The van der Waals surface area contributed by atoms with Crippen molar-refractivity contribution in [2.24, 2.45) is 0 Å². The van der Waals surface area contributed by atoms with E-state index in [9.17, 15) is 0 Å². The van der Waals surface area contributed by atoms with Gasteiger partial charge in [-0.05, 0) is 18.0 Å². The van der Waals surface area contributed by atoms with E-state index in [0.717, 1.165) is 24.4 Å². The first-order chi connectivity index (χ1) is 10.3. The topological polar surface area (TPSA) is 54.6 Å². The second-order valence-corrected chi connectivity index (χ2v) is 6.26. The number of nitrogens with zero attached hydrogens (tertiary/aromatic N) is 4. The molecule has 3 fully saturated rings. The SMILES string of the molecule is COc1cscc1-c1nc(N2CCN3CCC2CC3)no1. The molecule has 3 saturated heterocycles. The molecular formula is C14H18N4O2S. The van der Waals surface area contributed by atoms with Crippen molar-refractivity contribution in [2.75, 3.05) is 38.2 Å². The molecule has 3 aliphatic rings. The van der Waals surface area contributed by atoms with E-state index in [2.05, 4.69) is 19.9 Å². The van der Waals surface area contributed by atoms with E-state index >= 15 is 0 Å². The van der Waals surface area contributed by atoms with E-state index in [-0.39, 0.29) is 0 Å². The molecule has 5 heterocycles. The molecule has 2 aromatic heterocycles. The van der Waals surface area contributed by atoms with Crippen molar-refractivity contribution in [2.45, 2.75) is 18.9 Å². The molecule has 0 radical (unpaired) electrons. The van der Waals surface area contributed by atoms with Gasteiger partial charge in [0, 0.05) is 43.0 Å². The zero-order valence-corrected chi connectivity index (χ0v) is 12.8. The van der Waals surface area contributed by atoms with Crippen LogP contribution in [0.15, 0.2) is 15.3 Å². The van der Waals surface area contributed by atoms with Crippen molar-refractivity contribution in [1.82, 2.24) is 15.0 Å². The fourth-order valence-electron chi connectivity index (χ4n) is 3.19. The smallest absolute Gasteiger partial charge is 0.266 e. The van der Waals surface area contributed by atoms with Crippen LogP contribution in [0.2, 0.25) is 0 Å². The number of methoxy groups -OCH3 is 1. The highest BCUT2D eigenvalue weighted by Crippen LogP contribution is 2.34. The summed E-state index contributed by atoms with van der Waals surface area (Å²) in [7, 11) is 1.66. The van der Waals surface area contributed by atoms with E-state index in [1.165, 1.54) is 25.9 Å². The summed E-state index contributed by atoms with van der Waals surface area (Å²) in [5, 5.41) is 8.13. The highest BCUT2D eigenvalue weighted by molar-refractivity contribution is 7.08. The Morgan fingerprint density at radius 1 is 1.24 bits per heavy atom. The van der Waals surface area contributed by atoms with E-state index in [1.807, 2.05) is 10.8 Å². The van der Waals surface area contributed by atoms with Gasteiger partial charge < -0.3 is 19.1 Å². The lowest BCUT2D eigenvalue weighted by atomic mass is 10.1. The van der Waals surface area contributed by atoms with Gasteiger partial charge in [-0.1, -0.05) is 0 Å². The minimum Gasteiger partial charge on any atom is -0.495 e. The van der Waals surface area contributed by atoms with Crippen molar-refractivity contribution in [3.8, 4) is 17.2 Å². The maximum Gasteiger partial charge on any atom is 0.266 e. The summed E-state index contributed by atoms with van der Waals surface area (Å²) in [6.45, 7) is 4.43. The minimum atomic E-state index is 0.540. The largest absolute Gasteiger partial charge is 0.495 e. The first kappa shape index (κ1) is 13.1. The predicted molar refractivity (Wildman–Crippen MR) is 81.0 cm³/mol. The van der Waals surface area contributed by atoms with Crippen LogP contribution in [0.4, 0.5) is 5.95 Å². The lowest BCUT2D eigenvalue weighted by molar-refractivity contribution is 0.250. The van der Waals surface area contributed by atoms with Gasteiger partial charge in [0.1, 0.15) is 5.75 Å². The number of hydrogen-bond acceptors (Lipinski definition) is 7. The maximum atomic E-state index is 5.46. The number of piperidine rings is 1. The van der Waals surface area contributed by atoms with E-state index in [0.29, 0.717) is 17.9 Å². The van der Waals surface area contributed by atoms with E-state index in [1.54, 1.807) is 18.4 Å². The average Bonchev–Trinajstić information content (AvgIpc) is 3.09. The molecule has 0 atom stereocenters. The first-order valence-corrected chi connectivity index (χ1v) is 8.22. The number of rotatable bonds is 3. The van der Waals surface area contributed by atoms with Gasteiger partial charge in [-0.25, -0.2) is 0 Å². The first-order valence-electron chi connectivity index (χ1n) is 7.28. The van der Waals surface area contributed by atoms with Crippen LogP contribution in [0.5, 0.6) is 5.75 Å². The molecule has 0 aromatic carbocycles. The second kappa shape index (κ2) is 5.31. The van der Waals surface area contributed by atoms with Crippen LogP contribution in [0.25, 0.3) is 11.5 Å². The third kappa shape index (κ3) is 2.30. The van der Waals surface area contributed by atoms with Gasteiger partial charge in [0.2, 0.25) is 0 Å². The third-order valence-corrected chi connectivity index (χ3v) is 5.13. The summed E-state index contributed by atoms with van der Waals surface area (Å²) >= 11 is 1.57. The number of anilines is 1. The normalized spacial score (nSPS) is 25.1. The summed E-state index contributed by atoms with van der Waals surface area (Å²) in [5.41, 5.74) is 0.879. The molecule has 0 saturated carbocycles. The number of thiophene rings is 1. The fraction of sp³-hybridized carbons (Fsp3) is 0.571. The highest BCUT2D eigenvalue weighted by Gasteiger charge is 2.31. The third-order valence-electron chi connectivity index (χ3n) is 4.40.